The number of rotatable bonds is 19. The maximum atomic E-state index is 11.8. The summed E-state index contributed by atoms with van der Waals surface area (Å²) >= 11 is 0. The number of unbranched alkanes of at least 4 members (excludes halogenated alkanes) is 1. The number of cyclic esters (lactones) is 1. The first-order valence-corrected chi connectivity index (χ1v) is 14.4. The van der Waals surface area contributed by atoms with E-state index >= 15 is 0 Å². The van der Waals surface area contributed by atoms with Crippen molar-refractivity contribution in [3.63, 3.8) is 0 Å². The van der Waals surface area contributed by atoms with E-state index in [2.05, 4.69) is 71.9 Å². The van der Waals surface area contributed by atoms with E-state index in [4.69, 9.17) is 19.7 Å². The Morgan fingerprint density at radius 2 is 1.23 bits per heavy atom. The molecule has 39 heavy (non-hydrogen) atoms. The molecule has 220 valence electrons. The topological polar surface area (TPSA) is 96.2 Å². The number of carbonyl (C=O) groups is 1. The molecule has 0 saturated heterocycles. The lowest BCUT2D eigenvalue weighted by atomic mass is 10.0. The molecule has 1 aliphatic heterocycles. The van der Waals surface area contributed by atoms with Crippen LogP contribution in [0.3, 0.4) is 0 Å². The number of aliphatic hydroxyl groups is 3. The van der Waals surface area contributed by atoms with Crippen molar-refractivity contribution in [1.82, 2.24) is 0 Å². The van der Waals surface area contributed by atoms with E-state index in [1.54, 1.807) is 0 Å². The number of ether oxygens (including phenoxy) is 2. The highest BCUT2D eigenvalue weighted by molar-refractivity contribution is 5.89. The average Bonchev–Trinajstić information content (AvgIpc) is 3.10. The van der Waals surface area contributed by atoms with Crippen molar-refractivity contribution < 1.29 is 29.6 Å². The third kappa shape index (κ3) is 16.2. The fourth-order valence-electron chi connectivity index (χ4n) is 4.25. The molecule has 1 rings (SSSR count). The summed E-state index contributed by atoms with van der Waals surface area (Å²) in [5.74, 6) is -1.38. The molecule has 0 unspecified atom stereocenters. The Morgan fingerprint density at radius 1 is 0.769 bits per heavy atom. The second kappa shape index (κ2) is 19.5. The van der Waals surface area contributed by atoms with Crippen LogP contribution in [0, 0.1) is 0 Å². The number of esters is 1. The second-order valence-electron chi connectivity index (χ2n) is 11.0. The summed E-state index contributed by atoms with van der Waals surface area (Å²) in [4.78, 5) is 11.8. The monoisotopic (exact) mass is 544 g/mol. The molecule has 0 spiro atoms. The lowest BCUT2D eigenvalue weighted by molar-refractivity contribution is -0.146. The summed E-state index contributed by atoms with van der Waals surface area (Å²) in [6.07, 6.45) is 18.9. The fourth-order valence-corrected chi connectivity index (χ4v) is 4.25. The zero-order valence-corrected chi connectivity index (χ0v) is 25.1. The van der Waals surface area contributed by atoms with Crippen molar-refractivity contribution in [1.29, 1.82) is 0 Å². The predicted molar refractivity (Wildman–Crippen MR) is 159 cm³/mol. The predicted octanol–water partition coefficient (Wildman–Crippen LogP) is 8.05. The molecule has 6 heteroatoms. The van der Waals surface area contributed by atoms with Crippen LogP contribution >= 0.6 is 0 Å². The van der Waals surface area contributed by atoms with Gasteiger partial charge in [-0.2, -0.15) is 0 Å². The van der Waals surface area contributed by atoms with Crippen LogP contribution in [0.25, 0.3) is 0 Å². The van der Waals surface area contributed by atoms with Crippen molar-refractivity contribution in [3.8, 4) is 0 Å². The van der Waals surface area contributed by atoms with Gasteiger partial charge in [0, 0.05) is 6.42 Å². The zero-order chi connectivity index (χ0) is 29.2. The van der Waals surface area contributed by atoms with Crippen molar-refractivity contribution in [3.05, 3.63) is 69.8 Å². The van der Waals surface area contributed by atoms with Crippen molar-refractivity contribution in [2.45, 2.75) is 125 Å². The number of allylic oxidation sites excluding steroid dienone is 10. The van der Waals surface area contributed by atoms with E-state index in [0.29, 0.717) is 6.42 Å². The van der Waals surface area contributed by atoms with Gasteiger partial charge in [-0.1, -0.05) is 58.2 Å². The molecule has 0 aromatic carbocycles. The van der Waals surface area contributed by atoms with E-state index in [0.717, 1.165) is 57.8 Å². The second-order valence-corrected chi connectivity index (χ2v) is 11.0. The lowest BCUT2D eigenvalue weighted by Crippen LogP contribution is -2.19. The molecule has 1 aliphatic rings. The van der Waals surface area contributed by atoms with E-state index in [9.17, 15) is 9.90 Å². The Hall–Kier alpha value is -2.57. The summed E-state index contributed by atoms with van der Waals surface area (Å²) in [5.41, 5.74) is 7.02. The van der Waals surface area contributed by atoms with Crippen molar-refractivity contribution in [2.75, 3.05) is 6.61 Å². The summed E-state index contributed by atoms with van der Waals surface area (Å²) in [7, 11) is 0. The molecule has 6 nitrogen and oxygen atoms in total. The van der Waals surface area contributed by atoms with Crippen LogP contribution in [0.2, 0.25) is 0 Å². The fraction of sp³-hybridized carbons (Fsp3) is 0.606. The quantitative estimate of drug-likeness (QED) is 0.0659. The number of hydrogen-bond donors (Lipinski definition) is 3. The first-order valence-electron chi connectivity index (χ1n) is 14.4. The van der Waals surface area contributed by atoms with Crippen molar-refractivity contribution >= 4 is 5.97 Å². The van der Waals surface area contributed by atoms with Gasteiger partial charge in [0.15, 0.2) is 18.2 Å². The first kappa shape index (κ1) is 34.5. The molecule has 0 fully saturated rings. The number of aliphatic hydroxyl groups excluding tert-OH is 2. The molecule has 0 aliphatic carbocycles. The Kier molecular flexibility index (Phi) is 17.2. The number of hydrogen-bond acceptors (Lipinski definition) is 6. The van der Waals surface area contributed by atoms with Gasteiger partial charge in [0.1, 0.15) is 0 Å². The van der Waals surface area contributed by atoms with Crippen LogP contribution in [-0.2, 0) is 14.3 Å². The van der Waals surface area contributed by atoms with E-state index in [1.807, 2.05) is 0 Å². The van der Waals surface area contributed by atoms with Crippen LogP contribution in [0.1, 0.15) is 112 Å². The van der Waals surface area contributed by atoms with Crippen LogP contribution < -0.4 is 0 Å². The normalized spacial score (nSPS) is 17.3. The summed E-state index contributed by atoms with van der Waals surface area (Å²) in [6, 6.07) is 0. The average molecular weight is 545 g/mol. The zero-order valence-electron chi connectivity index (χ0n) is 25.1. The minimum atomic E-state index is -1.67. The molecule has 0 amide bonds. The SMILES string of the molecule is CC(C)=CCC/C(C)=C/CC/C(C)=C/CC/C=C(\C)CC/C=C(\C)CCCOC1=C(O)[C@@H](CC(O)O)OC1=O. The van der Waals surface area contributed by atoms with E-state index in [-0.39, 0.29) is 24.5 Å². The van der Waals surface area contributed by atoms with Crippen LogP contribution in [0.5, 0.6) is 0 Å². The Labute approximate surface area is 236 Å². The van der Waals surface area contributed by atoms with Gasteiger partial charge in [-0.25, -0.2) is 4.79 Å². The van der Waals surface area contributed by atoms with Gasteiger partial charge in [-0.3, -0.25) is 0 Å². The largest absolute Gasteiger partial charge is 0.505 e. The maximum Gasteiger partial charge on any atom is 0.378 e. The highest BCUT2D eigenvalue weighted by Crippen LogP contribution is 2.25. The molecule has 1 atom stereocenters. The highest BCUT2D eigenvalue weighted by atomic mass is 16.6. The molecule has 0 aromatic heterocycles. The van der Waals surface area contributed by atoms with E-state index in [1.165, 1.54) is 27.9 Å². The summed E-state index contributed by atoms with van der Waals surface area (Å²) in [6.45, 7) is 13.3. The molecule has 0 bridgehead atoms. The van der Waals surface area contributed by atoms with Gasteiger partial charge < -0.3 is 24.8 Å². The minimum absolute atomic E-state index is 0.231. The van der Waals surface area contributed by atoms with Gasteiger partial charge in [0.05, 0.1) is 6.61 Å². The molecular formula is C33H52O6. The highest BCUT2D eigenvalue weighted by Gasteiger charge is 2.36. The third-order valence-corrected chi connectivity index (χ3v) is 6.67. The standard InChI is InChI=1S/C33H52O6/c1-24(2)13-9-16-27(5)19-10-17-25(3)14-7-8-15-26(4)18-11-20-28(6)21-12-22-38-32-31(36)29(23-30(34)35)39-33(32)37/h13-15,19-20,29-30,34-36H,7-12,16-18,21-23H2,1-6H3/b25-14+,26-15+,27-19+,28-20+/t29-/m1/s1. The molecule has 0 radical (unpaired) electrons. The lowest BCUT2D eigenvalue weighted by Gasteiger charge is -2.10. The van der Waals surface area contributed by atoms with Gasteiger partial charge in [-0.15, -0.1) is 0 Å². The van der Waals surface area contributed by atoms with Gasteiger partial charge in [0.2, 0.25) is 5.76 Å². The molecule has 0 saturated carbocycles. The Morgan fingerprint density at radius 3 is 1.72 bits per heavy atom. The van der Waals surface area contributed by atoms with Gasteiger partial charge in [-0.05, 0) is 106 Å². The van der Waals surface area contributed by atoms with Crippen LogP contribution in [-0.4, -0.2) is 40.3 Å². The summed E-state index contributed by atoms with van der Waals surface area (Å²) in [5, 5.41) is 28.0. The van der Waals surface area contributed by atoms with Crippen LogP contribution in [0.4, 0.5) is 0 Å². The molecule has 0 aromatic rings. The van der Waals surface area contributed by atoms with Crippen LogP contribution in [0.15, 0.2) is 69.8 Å². The third-order valence-electron chi connectivity index (χ3n) is 6.67. The molecule has 3 N–H and O–H groups in total. The number of carbonyl (C=O) groups excluding carboxylic acids is 1. The van der Waals surface area contributed by atoms with E-state index < -0.39 is 18.4 Å². The van der Waals surface area contributed by atoms with Crippen molar-refractivity contribution in [2.24, 2.45) is 0 Å². The minimum Gasteiger partial charge on any atom is -0.505 e. The molecular weight excluding hydrogens is 492 g/mol. The first-order chi connectivity index (χ1) is 18.5. The smallest absolute Gasteiger partial charge is 0.378 e. The molecule has 1 heterocycles. The Bertz CT molecular complexity index is 941. The maximum absolute atomic E-state index is 11.8. The van der Waals surface area contributed by atoms with Gasteiger partial charge in [0.25, 0.3) is 0 Å². The Balaban J connectivity index is 2.24. The summed E-state index contributed by atoms with van der Waals surface area (Å²) < 4.78 is 10.3. The van der Waals surface area contributed by atoms with Gasteiger partial charge >= 0.3 is 5.97 Å².